The van der Waals surface area contributed by atoms with E-state index in [1.165, 1.54) is 19.3 Å². The SMILES string of the molecule is Cc1nc(N2CCCCC2)c2[nH]c(-c3cccc(OCF)c3)cc2n1. The lowest BCUT2D eigenvalue weighted by Crippen LogP contribution is -2.30. The van der Waals surface area contributed by atoms with Crippen molar-refractivity contribution in [3.8, 4) is 17.0 Å². The number of halogens is 1. The van der Waals surface area contributed by atoms with E-state index in [0.717, 1.165) is 47.0 Å². The maximum atomic E-state index is 12.4. The molecule has 5 nitrogen and oxygen atoms in total. The standard InChI is InChI=1S/C19H21FN4O/c1-13-21-17-11-16(14-6-5-7-15(10-14)25-12-20)23-18(17)19(22-13)24-8-3-2-4-9-24/h5-7,10-11,23H,2-4,8-9,12H2,1H3. The van der Waals surface area contributed by atoms with Gasteiger partial charge in [-0.3, -0.25) is 0 Å². The maximum Gasteiger partial charge on any atom is 0.228 e. The van der Waals surface area contributed by atoms with Crippen molar-refractivity contribution < 1.29 is 9.13 Å². The molecule has 1 aromatic carbocycles. The number of aromatic nitrogens is 3. The number of aromatic amines is 1. The Balaban J connectivity index is 1.78. The van der Waals surface area contributed by atoms with Gasteiger partial charge in [-0.1, -0.05) is 12.1 Å². The van der Waals surface area contributed by atoms with Crippen molar-refractivity contribution in [2.24, 2.45) is 0 Å². The van der Waals surface area contributed by atoms with E-state index in [-0.39, 0.29) is 0 Å². The molecule has 0 spiro atoms. The second kappa shape index (κ2) is 6.70. The van der Waals surface area contributed by atoms with E-state index in [9.17, 15) is 4.39 Å². The lowest BCUT2D eigenvalue weighted by atomic mass is 10.1. The average Bonchev–Trinajstić information content (AvgIpc) is 3.06. The number of anilines is 1. The Bertz CT molecular complexity index is 886. The van der Waals surface area contributed by atoms with Crippen molar-refractivity contribution in [1.29, 1.82) is 0 Å². The van der Waals surface area contributed by atoms with Crippen LogP contribution in [0.5, 0.6) is 5.75 Å². The molecule has 0 atom stereocenters. The summed E-state index contributed by atoms with van der Waals surface area (Å²) in [7, 11) is 0. The molecule has 3 aromatic rings. The number of alkyl halides is 1. The highest BCUT2D eigenvalue weighted by Gasteiger charge is 2.18. The van der Waals surface area contributed by atoms with Gasteiger partial charge in [-0.25, -0.2) is 14.4 Å². The number of aryl methyl sites for hydroxylation is 1. The van der Waals surface area contributed by atoms with Gasteiger partial charge in [0.15, 0.2) is 5.82 Å². The molecule has 0 bridgehead atoms. The summed E-state index contributed by atoms with van der Waals surface area (Å²) >= 11 is 0. The summed E-state index contributed by atoms with van der Waals surface area (Å²) in [5.41, 5.74) is 3.72. The fraction of sp³-hybridized carbons (Fsp3) is 0.368. The van der Waals surface area contributed by atoms with Gasteiger partial charge in [-0.05, 0) is 44.4 Å². The molecular weight excluding hydrogens is 319 g/mol. The summed E-state index contributed by atoms with van der Waals surface area (Å²) in [6.07, 6.45) is 3.67. The van der Waals surface area contributed by atoms with Crippen LogP contribution in [-0.2, 0) is 0 Å². The summed E-state index contributed by atoms with van der Waals surface area (Å²) in [5, 5.41) is 0. The smallest absolute Gasteiger partial charge is 0.228 e. The van der Waals surface area contributed by atoms with Crippen LogP contribution in [0.25, 0.3) is 22.3 Å². The van der Waals surface area contributed by atoms with Crippen LogP contribution in [0, 0.1) is 6.92 Å². The minimum atomic E-state index is -0.833. The predicted molar refractivity (Wildman–Crippen MR) is 96.7 cm³/mol. The fourth-order valence-electron chi connectivity index (χ4n) is 3.42. The first-order chi connectivity index (χ1) is 12.2. The van der Waals surface area contributed by atoms with Crippen LogP contribution in [0.2, 0.25) is 0 Å². The fourth-order valence-corrected chi connectivity index (χ4v) is 3.42. The van der Waals surface area contributed by atoms with Crippen LogP contribution < -0.4 is 9.64 Å². The van der Waals surface area contributed by atoms with Gasteiger partial charge in [0.2, 0.25) is 6.86 Å². The molecule has 0 amide bonds. The van der Waals surface area contributed by atoms with Gasteiger partial charge in [-0.15, -0.1) is 0 Å². The van der Waals surface area contributed by atoms with Gasteiger partial charge in [-0.2, -0.15) is 0 Å². The third-order valence-electron chi connectivity index (χ3n) is 4.59. The third kappa shape index (κ3) is 3.16. The van der Waals surface area contributed by atoms with Gasteiger partial charge in [0.25, 0.3) is 0 Å². The number of hydrogen-bond donors (Lipinski definition) is 1. The number of fused-ring (bicyclic) bond motifs is 1. The number of nitrogens with one attached hydrogen (secondary N) is 1. The zero-order valence-corrected chi connectivity index (χ0v) is 14.3. The Hall–Kier alpha value is -2.63. The molecule has 0 saturated carbocycles. The van der Waals surface area contributed by atoms with Crippen LogP contribution in [0.1, 0.15) is 25.1 Å². The Morgan fingerprint density at radius 3 is 2.80 bits per heavy atom. The zero-order chi connectivity index (χ0) is 17.2. The molecule has 0 unspecified atom stereocenters. The maximum absolute atomic E-state index is 12.4. The molecule has 1 saturated heterocycles. The van der Waals surface area contributed by atoms with Crippen LogP contribution in [0.15, 0.2) is 30.3 Å². The number of rotatable bonds is 4. The summed E-state index contributed by atoms with van der Waals surface area (Å²) in [4.78, 5) is 15.1. The summed E-state index contributed by atoms with van der Waals surface area (Å²) in [6.45, 7) is 3.15. The van der Waals surface area contributed by atoms with Crippen molar-refractivity contribution in [2.45, 2.75) is 26.2 Å². The Labute approximate surface area is 145 Å². The molecule has 1 aliphatic rings. The Kier molecular flexibility index (Phi) is 4.26. The van der Waals surface area contributed by atoms with Crippen LogP contribution in [-0.4, -0.2) is 34.9 Å². The molecule has 6 heteroatoms. The Morgan fingerprint density at radius 2 is 2.00 bits per heavy atom. The van der Waals surface area contributed by atoms with Gasteiger partial charge >= 0.3 is 0 Å². The van der Waals surface area contributed by atoms with E-state index in [4.69, 9.17) is 4.74 Å². The predicted octanol–water partition coefficient (Wildman–Crippen LogP) is 4.23. The van der Waals surface area contributed by atoms with Gasteiger partial charge in [0, 0.05) is 24.3 Å². The van der Waals surface area contributed by atoms with Crippen molar-refractivity contribution in [2.75, 3.05) is 24.9 Å². The topological polar surface area (TPSA) is 54.0 Å². The number of ether oxygens (including phenoxy) is 1. The van der Waals surface area contributed by atoms with E-state index in [1.54, 1.807) is 6.07 Å². The lowest BCUT2D eigenvalue weighted by Gasteiger charge is -2.28. The first-order valence-electron chi connectivity index (χ1n) is 8.66. The number of nitrogens with zero attached hydrogens (tertiary/aromatic N) is 3. The highest BCUT2D eigenvalue weighted by molar-refractivity contribution is 5.91. The zero-order valence-electron chi connectivity index (χ0n) is 14.3. The molecule has 2 aromatic heterocycles. The molecule has 130 valence electrons. The largest absolute Gasteiger partial charge is 0.463 e. The van der Waals surface area contributed by atoms with Gasteiger partial charge < -0.3 is 14.6 Å². The van der Waals surface area contributed by atoms with Crippen LogP contribution in [0.3, 0.4) is 0 Å². The van der Waals surface area contributed by atoms with E-state index < -0.39 is 6.86 Å². The highest BCUT2D eigenvalue weighted by Crippen LogP contribution is 2.31. The molecule has 4 rings (SSSR count). The second-order valence-corrected chi connectivity index (χ2v) is 6.37. The number of piperidine rings is 1. The van der Waals surface area contributed by atoms with E-state index in [1.807, 2.05) is 31.2 Å². The normalized spacial score (nSPS) is 14.9. The van der Waals surface area contributed by atoms with Crippen LogP contribution >= 0.6 is 0 Å². The molecule has 1 fully saturated rings. The van der Waals surface area contributed by atoms with Gasteiger partial charge in [0.05, 0.1) is 5.52 Å². The molecule has 1 N–H and O–H groups in total. The summed E-state index contributed by atoms with van der Waals surface area (Å²) in [6, 6.07) is 9.41. The lowest BCUT2D eigenvalue weighted by molar-refractivity contribution is 0.192. The van der Waals surface area contributed by atoms with Crippen molar-refractivity contribution in [3.05, 3.63) is 36.2 Å². The molecule has 3 heterocycles. The number of benzene rings is 1. The highest BCUT2D eigenvalue weighted by atomic mass is 19.1. The third-order valence-corrected chi connectivity index (χ3v) is 4.59. The van der Waals surface area contributed by atoms with E-state index in [0.29, 0.717) is 5.75 Å². The second-order valence-electron chi connectivity index (χ2n) is 6.37. The number of H-pyrrole nitrogens is 1. The van der Waals surface area contributed by atoms with Crippen LogP contribution in [0.4, 0.5) is 10.2 Å². The molecule has 0 radical (unpaired) electrons. The first-order valence-corrected chi connectivity index (χ1v) is 8.66. The molecular formula is C19H21FN4O. The van der Waals surface area contributed by atoms with Crippen molar-refractivity contribution >= 4 is 16.9 Å². The minimum Gasteiger partial charge on any atom is -0.463 e. The quantitative estimate of drug-likeness (QED) is 0.772. The first kappa shape index (κ1) is 15.9. The number of hydrogen-bond acceptors (Lipinski definition) is 4. The molecule has 1 aliphatic heterocycles. The summed E-state index contributed by atoms with van der Waals surface area (Å²) in [5.74, 6) is 2.26. The Morgan fingerprint density at radius 1 is 1.16 bits per heavy atom. The summed E-state index contributed by atoms with van der Waals surface area (Å²) < 4.78 is 17.4. The molecule has 0 aliphatic carbocycles. The van der Waals surface area contributed by atoms with Gasteiger partial charge in [0.1, 0.15) is 17.1 Å². The van der Waals surface area contributed by atoms with Crippen molar-refractivity contribution in [3.63, 3.8) is 0 Å². The monoisotopic (exact) mass is 340 g/mol. The van der Waals surface area contributed by atoms with E-state index in [2.05, 4.69) is 19.9 Å². The van der Waals surface area contributed by atoms with Crippen molar-refractivity contribution in [1.82, 2.24) is 15.0 Å². The minimum absolute atomic E-state index is 0.511. The average molecular weight is 340 g/mol. The molecule has 25 heavy (non-hydrogen) atoms. The van der Waals surface area contributed by atoms with E-state index >= 15 is 0 Å².